The van der Waals surface area contributed by atoms with Gasteiger partial charge in [-0.3, -0.25) is 0 Å². The van der Waals surface area contributed by atoms with Crippen LogP contribution in [0.4, 0.5) is 0 Å². The van der Waals surface area contributed by atoms with E-state index in [1.807, 2.05) is 0 Å². The molecule has 0 amide bonds. The van der Waals surface area contributed by atoms with Crippen molar-refractivity contribution in [3.05, 3.63) is 0 Å². The molecule has 76 valence electrons. The van der Waals surface area contributed by atoms with Crippen molar-refractivity contribution >= 4 is 0 Å². The highest BCUT2D eigenvalue weighted by Crippen LogP contribution is 2.16. The first-order chi connectivity index (χ1) is 6.34. The third-order valence-corrected chi connectivity index (χ3v) is 3.07. The summed E-state index contributed by atoms with van der Waals surface area (Å²) in [6.07, 6.45) is 5.48. The van der Waals surface area contributed by atoms with Crippen LogP contribution in [0.15, 0.2) is 0 Å². The van der Waals surface area contributed by atoms with Gasteiger partial charge in [0.15, 0.2) is 0 Å². The van der Waals surface area contributed by atoms with E-state index in [1.165, 1.54) is 25.9 Å². The van der Waals surface area contributed by atoms with E-state index in [4.69, 9.17) is 10.5 Å². The zero-order valence-electron chi connectivity index (χ0n) is 8.24. The Morgan fingerprint density at radius 1 is 1.23 bits per heavy atom. The summed E-state index contributed by atoms with van der Waals surface area (Å²) in [5.74, 6) is 0. The Labute approximate surface area is 80.2 Å². The van der Waals surface area contributed by atoms with Gasteiger partial charge in [0.05, 0.1) is 12.7 Å². The summed E-state index contributed by atoms with van der Waals surface area (Å²) in [5.41, 5.74) is 5.77. The lowest BCUT2D eigenvalue weighted by Crippen LogP contribution is -2.40. The largest absolute Gasteiger partial charge is 0.375 e. The van der Waals surface area contributed by atoms with Crippen LogP contribution in [0.1, 0.15) is 25.7 Å². The maximum atomic E-state index is 5.77. The minimum absolute atomic E-state index is 0.287. The molecule has 13 heavy (non-hydrogen) atoms. The minimum Gasteiger partial charge on any atom is -0.375 e. The SMILES string of the molecule is N[C@@H]1CC[C@@H](CN2CCCC2)OC1. The van der Waals surface area contributed by atoms with E-state index in [-0.39, 0.29) is 6.04 Å². The maximum Gasteiger partial charge on any atom is 0.0703 e. The summed E-state index contributed by atoms with van der Waals surface area (Å²) in [7, 11) is 0. The van der Waals surface area contributed by atoms with Crippen LogP contribution in [0.3, 0.4) is 0 Å². The van der Waals surface area contributed by atoms with E-state index >= 15 is 0 Å². The normalized spacial score (nSPS) is 36.7. The Morgan fingerprint density at radius 2 is 2.00 bits per heavy atom. The highest BCUT2D eigenvalue weighted by atomic mass is 16.5. The van der Waals surface area contributed by atoms with Gasteiger partial charge in [0.2, 0.25) is 0 Å². The smallest absolute Gasteiger partial charge is 0.0703 e. The van der Waals surface area contributed by atoms with Gasteiger partial charge < -0.3 is 15.4 Å². The number of rotatable bonds is 2. The first-order valence-corrected chi connectivity index (χ1v) is 5.44. The van der Waals surface area contributed by atoms with Gasteiger partial charge in [0, 0.05) is 12.6 Å². The van der Waals surface area contributed by atoms with Crippen LogP contribution in [0, 0.1) is 0 Å². The molecule has 2 fully saturated rings. The first kappa shape index (κ1) is 9.44. The molecule has 0 aromatic carbocycles. The predicted octanol–water partition coefficient (Wildman–Crippen LogP) is 0.588. The van der Waals surface area contributed by atoms with Crippen LogP contribution in [0.2, 0.25) is 0 Å². The molecule has 2 rings (SSSR count). The molecule has 2 aliphatic heterocycles. The topological polar surface area (TPSA) is 38.5 Å². The van der Waals surface area contributed by atoms with Gasteiger partial charge in [0.1, 0.15) is 0 Å². The fourth-order valence-corrected chi connectivity index (χ4v) is 2.22. The summed E-state index contributed by atoms with van der Waals surface area (Å²) in [6.45, 7) is 4.43. The molecule has 0 radical (unpaired) electrons. The van der Waals surface area contributed by atoms with Crippen LogP contribution in [0.25, 0.3) is 0 Å². The van der Waals surface area contributed by atoms with Crippen molar-refractivity contribution < 1.29 is 4.74 Å². The highest BCUT2D eigenvalue weighted by molar-refractivity contribution is 4.76. The van der Waals surface area contributed by atoms with Crippen LogP contribution >= 0.6 is 0 Å². The molecular formula is C10H20N2O. The fraction of sp³-hybridized carbons (Fsp3) is 1.00. The third kappa shape index (κ3) is 2.66. The molecule has 0 aliphatic carbocycles. The molecule has 2 saturated heterocycles. The van der Waals surface area contributed by atoms with Crippen molar-refractivity contribution in [2.75, 3.05) is 26.2 Å². The number of nitrogens with two attached hydrogens (primary N) is 1. The average molecular weight is 184 g/mol. The van der Waals surface area contributed by atoms with E-state index in [0.717, 1.165) is 26.0 Å². The summed E-state index contributed by atoms with van der Waals surface area (Å²) in [5, 5.41) is 0. The van der Waals surface area contributed by atoms with E-state index in [0.29, 0.717) is 6.10 Å². The predicted molar refractivity (Wildman–Crippen MR) is 52.6 cm³/mol. The van der Waals surface area contributed by atoms with Gasteiger partial charge in [-0.25, -0.2) is 0 Å². The lowest BCUT2D eigenvalue weighted by atomic mass is 10.1. The second-order valence-corrected chi connectivity index (χ2v) is 4.30. The first-order valence-electron chi connectivity index (χ1n) is 5.44. The van der Waals surface area contributed by atoms with E-state index in [9.17, 15) is 0 Å². The monoisotopic (exact) mass is 184 g/mol. The van der Waals surface area contributed by atoms with Gasteiger partial charge in [-0.2, -0.15) is 0 Å². The Bertz CT molecular complexity index is 149. The molecule has 0 aromatic rings. The quantitative estimate of drug-likeness (QED) is 0.682. The molecule has 0 saturated carbocycles. The van der Waals surface area contributed by atoms with Crippen molar-refractivity contribution in [1.82, 2.24) is 4.90 Å². The van der Waals surface area contributed by atoms with E-state index < -0.39 is 0 Å². The molecule has 0 aromatic heterocycles. The number of ether oxygens (including phenoxy) is 1. The molecule has 3 nitrogen and oxygen atoms in total. The van der Waals surface area contributed by atoms with Crippen LogP contribution < -0.4 is 5.73 Å². The zero-order valence-corrected chi connectivity index (χ0v) is 8.24. The number of nitrogens with zero attached hydrogens (tertiary/aromatic N) is 1. The lowest BCUT2D eigenvalue weighted by Gasteiger charge is -2.29. The van der Waals surface area contributed by atoms with Gasteiger partial charge in [-0.05, 0) is 38.8 Å². The highest BCUT2D eigenvalue weighted by Gasteiger charge is 2.22. The van der Waals surface area contributed by atoms with Gasteiger partial charge in [-0.15, -0.1) is 0 Å². The average Bonchev–Trinajstić information content (AvgIpc) is 2.62. The Kier molecular flexibility index (Phi) is 3.19. The molecule has 2 heterocycles. The van der Waals surface area contributed by atoms with Crippen molar-refractivity contribution in [3.8, 4) is 0 Å². The Hall–Kier alpha value is -0.120. The van der Waals surface area contributed by atoms with Gasteiger partial charge in [0.25, 0.3) is 0 Å². The third-order valence-electron chi connectivity index (χ3n) is 3.07. The second kappa shape index (κ2) is 4.40. The number of hydrogen-bond acceptors (Lipinski definition) is 3. The molecule has 2 N–H and O–H groups in total. The second-order valence-electron chi connectivity index (χ2n) is 4.30. The molecular weight excluding hydrogens is 164 g/mol. The molecule has 0 bridgehead atoms. The summed E-state index contributed by atoms with van der Waals surface area (Å²) < 4.78 is 5.69. The maximum absolute atomic E-state index is 5.77. The summed E-state index contributed by atoms with van der Waals surface area (Å²) >= 11 is 0. The number of hydrogen-bond donors (Lipinski definition) is 1. The van der Waals surface area contributed by atoms with Gasteiger partial charge in [-0.1, -0.05) is 0 Å². The van der Waals surface area contributed by atoms with Crippen LogP contribution in [-0.2, 0) is 4.74 Å². The zero-order chi connectivity index (χ0) is 9.10. The molecule has 0 unspecified atom stereocenters. The fourth-order valence-electron chi connectivity index (χ4n) is 2.22. The van der Waals surface area contributed by atoms with Crippen LogP contribution in [-0.4, -0.2) is 43.3 Å². The van der Waals surface area contributed by atoms with E-state index in [2.05, 4.69) is 4.90 Å². The Balaban J connectivity index is 1.69. The number of likely N-dealkylation sites (tertiary alicyclic amines) is 1. The van der Waals surface area contributed by atoms with Crippen molar-refractivity contribution in [2.24, 2.45) is 5.73 Å². The molecule has 2 aliphatic rings. The molecule has 3 heteroatoms. The van der Waals surface area contributed by atoms with E-state index in [1.54, 1.807) is 0 Å². The minimum atomic E-state index is 0.287. The Morgan fingerprint density at radius 3 is 2.62 bits per heavy atom. The van der Waals surface area contributed by atoms with Crippen molar-refractivity contribution in [1.29, 1.82) is 0 Å². The lowest BCUT2D eigenvalue weighted by molar-refractivity contribution is -0.0110. The van der Waals surface area contributed by atoms with Crippen molar-refractivity contribution in [2.45, 2.75) is 37.8 Å². The van der Waals surface area contributed by atoms with Crippen molar-refractivity contribution in [3.63, 3.8) is 0 Å². The van der Waals surface area contributed by atoms with Crippen LogP contribution in [0.5, 0.6) is 0 Å². The van der Waals surface area contributed by atoms with Gasteiger partial charge >= 0.3 is 0 Å². The standard InChI is InChI=1S/C10H20N2O/c11-9-3-4-10(13-8-9)7-12-5-1-2-6-12/h9-10H,1-8,11H2/t9-,10+/m1/s1. The molecule has 2 atom stereocenters. The molecule has 0 spiro atoms. The summed E-state index contributed by atoms with van der Waals surface area (Å²) in [6, 6.07) is 0.287. The summed E-state index contributed by atoms with van der Waals surface area (Å²) in [4.78, 5) is 2.52.